The van der Waals surface area contributed by atoms with Gasteiger partial charge in [0.15, 0.2) is 0 Å². The molecule has 2 aromatic rings. The quantitative estimate of drug-likeness (QED) is 0.618. The van der Waals surface area contributed by atoms with Crippen LogP contribution in [0.3, 0.4) is 0 Å². The number of hydrogen-bond acceptors (Lipinski definition) is 0. The van der Waals surface area contributed by atoms with Gasteiger partial charge in [0, 0.05) is 5.88 Å². The molecular formula is C14H9Cl2F3. The number of alkyl halides is 4. The van der Waals surface area contributed by atoms with Crippen LogP contribution in [0.15, 0.2) is 42.5 Å². The van der Waals surface area contributed by atoms with E-state index in [1.165, 1.54) is 6.07 Å². The fraction of sp³-hybridized carbons (Fsp3) is 0.143. The molecule has 0 atom stereocenters. The van der Waals surface area contributed by atoms with Gasteiger partial charge in [0.05, 0.1) is 10.6 Å². The van der Waals surface area contributed by atoms with E-state index < -0.39 is 11.7 Å². The largest absolute Gasteiger partial charge is 0.417 e. The number of hydrogen-bond donors (Lipinski definition) is 0. The third-order valence-electron chi connectivity index (χ3n) is 2.71. The molecule has 2 rings (SSSR count). The zero-order valence-corrected chi connectivity index (χ0v) is 11.2. The Bertz CT molecular complexity index is 574. The normalized spacial score (nSPS) is 11.6. The SMILES string of the molecule is FC(F)(F)c1cc(-c2ccc(CCl)cc2)ccc1Cl. The van der Waals surface area contributed by atoms with Crippen LogP contribution in [-0.4, -0.2) is 0 Å². The summed E-state index contributed by atoms with van der Waals surface area (Å²) in [6.07, 6.45) is -4.46. The Hall–Kier alpha value is -1.19. The predicted molar refractivity (Wildman–Crippen MR) is 71.4 cm³/mol. The van der Waals surface area contributed by atoms with Crippen LogP contribution >= 0.6 is 23.2 Å². The average molecular weight is 305 g/mol. The van der Waals surface area contributed by atoms with Crippen molar-refractivity contribution in [2.24, 2.45) is 0 Å². The van der Waals surface area contributed by atoms with Crippen LogP contribution in [0.1, 0.15) is 11.1 Å². The molecule has 0 saturated heterocycles. The van der Waals surface area contributed by atoms with Gasteiger partial charge in [-0.25, -0.2) is 0 Å². The second-order valence-electron chi connectivity index (χ2n) is 4.02. The first kappa shape index (κ1) is 14.2. The first-order chi connectivity index (χ1) is 8.91. The molecule has 0 radical (unpaired) electrons. The van der Waals surface area contributed by atoms with Gasteiger partial charge in [-0.15, -0.1) is 11.6 Å². The van der Waals surface area contributed by atoms with E-state index in [0.717, 1.165) is 11.6 Å². The van der Waals surface area contributed by atoms with E-state index >= 15 is 0 Å². The highest BCUT2D eigenvalue weighted by Gasteiger charge is 2.33. The minimum atomic E-state index is -4.46. The highest BCUT2D eigenvalue weighted by molar-refractivity contribution is 6.31. The van der Waals surface area contributed by atoms with Crippen molar-refractivity contribution in [1.29, 1.82) is 0 Å². The van der Waals surface area contributed by atoms with Gasteiger partial charge in [-0.1, -0.05) is 41.9 Å². The maximum atomic E-state index is 12.8. The summed E-state index contributed by atoms with van der Waals surface area (Å²) in [5.74, 6) is 0.370. The first-order valence-corrected chi connectivity index (χ1v) is 6.35. The lowest BCUT2D eigenvalue weighted by atomic mass is 10.0. The van der Waals surface area contributed by atoms with Crippen molar-refractivity contribution in [3.8, 4) is 11.1 Å². The Labute approximate surface area is 118 Å². The Morgan fingerprint density at radius 2 is 1.47 bits per heavy atom. The minimum absolute atomic E-state index is 0.298. The van der Waals surface area contributed by atoms with Crippen molar-refractivity contribution in [3.63, 3.8) is 0 Å². The Balaban J connectivity index is 2.45. The van der Waals surface area contributed by atoms with Gasteiger partial charge in [0.25, 0.3) is 0 Å². The summed E-state index contributed by atoms with van der Waals surface area (Å²) in [6.45, 7) is 0. The molecule has 0 spiro atoms. The van der Waals surface area contributed by atoms with Crippen LogP contribution in [0, 0.1) is 0 Å². The molecule has 2 aromatic carbocycles. The molecule has 0 N–H and O–H groups in total. The van der Waals surface area contributed by atoms with E-state index in [0.29, 0.717) is 17.0 Å². The molecule has 0 unspecified atom stereocenters. The molecule has 19 heavy (non-hydrogen) atoms. The van der Waals surface area contributed by atoms with Crippen LogP contribution in [0.25, 0.3) is 11.1 Å². The fourth-order valence-corrected chi connectivity index (χ4v) is 2.11. The summed E-state index contributed by atoms with van der Waals surface area (Å²) in [7, 11) is 0. The van der Waals surface area contributed by atoms with Gasteiger partial charge < -0.3 is 0 Å². The van der Waals surface area contributed by atoms with Crippen LogP contribution in [0.4, 0.5) is 13.2 Å². The summed E-state index contributed by atoms with van der Waals surface area (Å²) in [5.41, 5.74) is 1.25. The molecule has 0 aliphatic carbocycles. The molecule has 0 aromatic heterocycles. The minimum Gasteiger partial charge on any atom is -0.166 e. The summed E-state index contributed by atoms with van der Waals surface area (Å²) < 4.78 is 38.3. The van der Waals surface area contributed by atoms with Crippen LogP contribution in [-0.2, 0) is 12.1 Å². The Kier molecular flexibility index (Phi) is 4.07. The zero-order valence-electron chi connectivity index (χ0n) is 9.64. The third-order valence-corrected chi connectivity index (χ3v) is 3.35. The first-order valence-electron chi connectivity index (χ1n) is 5.44. The van der Waals surface area contributed by atoms with Crippen LogP contribution in [0.2, 0.25) is 5.02 Å². The molecule has 0 nitrogen and oxygen atoms in total. The fourth-order valence-electron chi connectivity index (χ4n) is 1.71. The van der Waals surface area contributed by atoms with Gasteiger partial charge >= 0.3 is 6.18 Å². The summed E-state index contributed by atoms with van der Waals surface area (Å²) in [5, 5.41) is -0.298. The molecular weight excluding hydrogens is 296 g/mol. The van der Waals surface area contributed by atoms with Crippen molar-refractivity contribution < 1.29 is 13.2 Å². The maximum Gasteiger partial charge on any atom is 0.417 e. The maximum absolute atomic E-state index is 12.8. The zero-order chi connectivity index (χ0) is 14.0. The molecule has 0 fully saturated rings. The van der Waals surface area contributed by atoms with E-state index in [2.05, 4.69) is 0 Å². The second-order valence-corrected chi connectivity index (χ2v) is 4.70. The van der Waals surface area contributed by atoms with Gasteiger partial charge in [0.2, 0.25) is 0 Å². The topological polar surface area (TPSA) is 0 Å². The molecule has 100 valence electrons. The van der Waals surface area contributed by atoms with Gasteiger partial charge in [-0.2, -0.15) is 13.2 Å². The van der Waals surface area contributed by atoms with Gasteiger partial charge in [-0.3, -0.25) is 0 Å². The van der Waals surface area contributed by atoms with E-state index in [1.807, 2.05) is 0 Å². The molecule has 0 heterocycles. The monoisotopic (exact) mass is 304 g/mol. The average Bonchev–Trinajstić information content (AvgIpc) is 2.38. The van der Waals surface area contributed by atoms with E-state index in [1.54, 1.807) is 30.3 Å². The highest BCUT2D eigenvalue weighted by atomic mass is 35.5. The number of benzene rings is 2. The lowest BCUT2D eigenvalue weighted by molar-refractivity contribution is -0.137. The Morgan fingerprint density at radius 1 is 0.895 bits per heavy atom. The molecule has 0 aliphatic heterocycles. The highest BCUT2D eigenvalue weighted by Crippen LogP contribution is 2.37. The molecule has 0 saturated carbocycles. The van der Waals surface area contributed by atoms with Crippen molar-refractivity contribution in [2.75, 3.05) is 0 Å². The second kappa shape index (κ2) is 5.43. The van der Waals surface area contributed by atoms with E-state index in [9.17, 15) is 13.2 Å². The van der Waals surface area contributed by atoms with Gasteiger partial charge in [0.1, 0.15) is 0 Å². The Morgan fingerprint density at radius 3 is 2.00 bits per heavy atom. The van der Waals surface area contributed by atoms with Gasteiger partial charge in [-0.05, 0) is 28.8 Å². The smallest absolute Gasteiger partial charge is 0.166 e. The van der Waals surface area contributed by atoms with Crippen LogP contribution < -0.4 is 0 Å². The van der Waals surface area contributed by atoms with Crippen molar-refractivity contribution >= 4 is 23.2 Å². The summed E-state index contributed by atoms with van der Waals surface area (Å²) >= 11 is 11.2. The third kappa shape index (κ3) is 3.23. The van der Waals surface area contributed by atoms with Crippen LogP contribution in [0.5, 0.6) is 0 Å². The van der Waals surface area contributed by atoms with Crippen molar-refractivity contribution in [1.82, 2.24) is 0 Å². The van der Waals surface area contributed by atoms with Crippen molar-refractivity contribution in [3.05, 3.63) is 58.6 Å². The molecule has 0 bridgehead atoms. The number of rotatable bonds is 2. The van der Waals surface area contributed by atoms with Crippen molar-refractivity contribution in [2.45, 2.75) is 12.1 Å². The standard InChI is InChI=1S/C14H9Cl2F3/c15-8-9-1-3-10(4-2-9)11-5-6-13(16)12(7-11)14(17,18)19/h1-7H,8H2. The predicted octanol–water partition coefficient (Wildman–Crippen LogP) is 5.76. The molecule has 0 aliphatic rings. The molecule has 0 amide bonds. The lowest BCUT2D eigenvalue weighted by Gasteiger charge is -2.11. The van der Waals surface area contributed by atoms with E-state index in [-0.39, 0.29) is 5.02 Å². The number of halogens is 5. The van der Waals surface area contributed by atoms with E-state index in [4.69, 9.17) is 23.2 Å². The lowest BCUT2D eigenvalue weighted by Crippen LogP contribution is -2.05. The summed E-state index contributed by atoms with van der Waals surface area (Å²) in [4.78, 5) is 0. The molecule has 5 heteroatoms. The summed E-state index contributed by atoms with van der Waals surface area (Å²) in [6, 6.07) is 10.9.